The van der Waals surface area contributed by atoms with Gasteiger partial charge in [-0.05, 0) is 60.7 Å². The number of ether oxygens (including phenoxy) is 3. The number of hydrogen-bond acceptors (Lipinski definition) is 6. The molecule has 4 aromatic carbocycles. The zero-order valence-corrected chi connectivity index (χ0v) is 29.3. The van der Waals surface area contributed by atoms with Crippen molar-refractivity contribution < 1.29 is 28.9 Å². The lowest BCUT2D eigenvalue weighted by Crippen LogP contribution is -2.55. The van der Waals surface area contributed by atoms with Crippen LogP contribution in [0.3, 0.4) is 0 Å². The number of aliphatic hydroxyl groups excluding tert-OH is 1. The third-order valence-corrected chi connectivity index (χ3v) is 15.3. The van der Waals surface area contributed by atoms with Gasteiger partial charge in [0.05, 0.1) is 45.2 Å². The van der Waals surface area contributed by atoms with Gasteiger partial charge >= 0.3 is 0 Å². The lowest BCUT2D eigenvalue weighted by Gasteiger charge is -2.46. The fourth-order valence-electron chi connectivity index (χ4n) is 8.35. The topological polar surface area (TPSA) is 88.5 Å². The standard InChI is InChI=1S/C39H44N2O6Si/c1-24-37(46-3)31-21-26(41-32-13-7-10-25-9-6-12-30(36(25)32)39(41)44)14-19-33(31)47-38(24)34(22-35(43)40-20-8-11-27(40)23-42)48(4,5)29-17-15-28(45-2)16-18-29/h6-7,9-10,12-19,21,24,27,34,37-38,42H,8,11,20,22-23H2,1-5H3/t24-,27+,34?,37-,38-/m1/s1. The first kappa shape index (κ1) is 32.4. The molecule has 1 unspecified atom stereocenters. The van der Waals surface area contributed by atoms with E-state index >= 15 is 0 Å². The van der Waals surface area contributed by atoms with E-state index in [0.717, 1.165) is 46.3 Å². The quantitative estimate of drug-likeness (QED) is 0.203. The van der Waals surface area contributed by atoms with Gasteiger partial charge in [-0.1, -0.05) is 61.6 Å². The molecule has 0 aromatic heterocycles. The summed E-state index contributed by atoms with van der Waals surface area (Å²) >= 11 is 0. The van der Waals surface area contributed by atoms with Gasteiger partial charge in [-0.3, -0.25) is 14.5 Å². The van der Waals surface area contributed by atoms with Crippen LogP contribution in [0.25, 0.3) is 10.8 Å². The molecule has 0 aliphatic carbocycles. The summed E-state index contributed by atoms with van der Waals surface area (Å²) in [6, 6.07) is 25.9. The minimum absolute atomic E-state index is 0.0212. The van der Waals surface area contributed by atoms with Crippen molar-refractivity contribution in [3.05, 3.63) is 90.0 Å². The molecule has 250 valence electrons. The van der Waals surface area contributed by atoms with E-state index < -0.39 is 8.07 Å². The van der Waals surface area contributed by atoms with E-state index in [1.165, 1.54) is 5.19 Å². The van der Waals surface area contributed by atoms with E-state index in [1.54, 1.807) is 19.1 Å². The van der Waals surface area contributed by atoms with Gasteiger partial charge in [-0.15, -0.1) is 0 Å². The molecule has 1 N–H and O–H groups in total. The number of anilines is 2. The molecular weight excluding hydrogens is 621 g/mol. The van der Waals surface area contributed by atoms with Crippen LogP contribution in [0.5, 0.6) is 11.5 Å². The third-order valence-electron chi connectivity index (χ3n) is 11.1. The van der Waals surface area contributed by atoms with Gasteiger partial charge in [0.25, 0.3) is 5.91 Å². The number of aliphatic hydroxyl groups is 1. The number of hydrogen-bond donors (Lipinski definition) is 1. The van der Waals surface area contributed by atoms with Crippen LogP contribution in [-0.2, 0) is 9.53 Å². The molecule has 8 nitrogen and oxygen atoms in total. The van der Waals surface area contributed by atoms with E-state index in [9.17, 15) is 14.7 Å². The van der Waals surface area contributed by atoms with E-state index in [-0.39, 0.29) is 48.1 Å². The van der Waals surface area contributed by atoms with E-state index in [2.05, 4.69) is 32.2 Å². The average molecular weight is 665 g/mol. The van der Waals surface area contributed by atoms with Crippen LogP contribution in [0.4, 0.5) is 11.4 Å². The van der Waals surface area contributed by atoms with Gasteiger partial charge in [0, 0.05) is 48.2 Å². The van der Waals surface area contributed by atoms with Crippen molar-refractivity contribution in [3.8, 4) is 11.5 Å². The summed E-state index contributed by atoms with van der Waals surface area (Å²) in [6.07, 6.45) is 1.43. The third kappa shape index (κ3) is 5.28. The Bertz CT molecular complexity index is 1850. The Hall–Kier alpha value is -4.18. The number of benzene rings is 4. The Balaban J connectivity index is 1.26. The van der Waals surface area contributed by atoms with Gasteiger partial charge in [0.2, 0.25) is 5.91 Å². The molecule has 0 spiro atoms. The van der Waals surface area contributed by atoms with Gasteiger partial charge in [-0.25, -0.2) is 0 Å². The summed E-state index contributed by atoms with van der Waals surface area (Å²) in [4.78, 5) is 31.5. The second-order valence-corrected chi connectivity index (χ2v) is 18.7. The molecule has 3 aliphatic heterocycles. The van der Waals surface area contributed by atoms with E-state index in [0.29, 0.717) is 24.3 Å². The van der Waals surface area contributed by atoms with Gasteiger partial charge in [0.15, 0.2) is 0 Å². The predicted octanol–water partition coefficient (Wildman–Crippen LogP) is 6.58. The number of carbonyl (C=O) groups is 2. The Labute approximate surface area is 283 Å². The number of amides is 2. The van der Waals surface area contributed by atoms with Crippen LogP contribution in [0.1, 0.15) is 48.2 Å². The van der Waals surface area contributed by atoms with E-state index in [4.69, 9.17) is 14.2 Å². The van der Waals surface area contributed by atoms with Crippen LogP contribution in [0.2, 0.25) is 18.6 Å². The summed E-state index contributed by atoms with van der Waals surface area (Å²) in [7, 11) is 0.999. The maximum atomic E-state index is 14.0. The second kappa shape index (κ2) is 12.7. The van der Waals surface area contributed by atoms with Crippen molar-refractivity contribution in [3.63, 3.8) is 0 Å². The Morgan fingerprint density at radius 2 is 1.79 bits per heavy atom. The molecule has 1 saturated heterocycles. The highest BCUT2D eigenvalue weighted by atomic mass is 28.3. The van der Waals surface area contributed by atoms with Crippen molar-refractivity contribution in [1.29, 1.82) is 0 Å². The highest BCUT2D eigenvalue weighted by Crippen LogP contribution is 2.50. The van der Waals surface area contributed by atoms with Crippen LogP contribution in [0, 0.1) is 5.92 Å². The van der Waals surface area contributed by atoms with Crippen LogP contribution in [0.15, 0.2) is 78.9 Å². The number of rotatable bonds is 9. The van der Waals surface area contributed by atoms with Crippen molar-refractivity contribution in [2.24, 2.45) is 5.92 Å². The smallest absolute Gasteiger partial charge is 0.263 e. The normalized spacial score (nSPS) is 22.5. The molecule has 9 heteroatoms. The van der Waals surface area contributed by atoms with Crippen LogP contribution >= 0.6 is 0 Å². The highest BCUT2D eigenvalue weighted by molar-refractivity contribution is 6.91. The summed E-state index contributed by atoms with van der Waals surface area (Å²) in [5, 5.41) is 13.2. The van der Waals surface area contributed by atoms with Crippen molar-refractivity contribution >= 4 is 47.2 Å². The fraction of sp³-hybridized carbons (Fsp3) is 0.385. The number of fused-ring (bicyclic) bond motifs is 1. The maximum absolute atomic E-state index is 14.0. The monoisotopic (exact) mass is 664 g/mol. The number of carbonyl (C=O) groups excluding carboxylic acids is 2. The molecule has 3 heterocycles. The van der Waals surface area contributed by atoms with Gasteiger partial charge in [0.1, 0.15) is 17.6 Å². The van der Waals surface area contributed by atoms with Crippen molar-refractivity contribution in [1.82, 2.24) is 4.90 Å². The molecule has 5 atom stereocenters. The molecule has 2 amide bonds. The average Bonchev–Trinajstić information content (AvgIpc) is 3.70. The maximum Gasteiger partial charge on any atom is 0.263 e. The van der Waals surface area contributed by atoms with Crippen molar-refractivity contribution in [2.75, 3.05) is 32.3 Å². The zero-order chi connectivity index (χ0) is 33.7. The zero-order valence-electron chi connectivity index (χ0n) is 28.3. The number of nitrogens with zero attached hydrogens (tertiary/aromatic N) is 2. The Kier molecular flexibility index (Phi) is 8.56. The SMILES string of the molecule is COc1ccc([Si](C)(C)C(CC(=O)N2CCC[C@H]2CO)[C@@H]2Oc3ccc(N4C(=O)c5cccc6cccc4c56)cc3[C@H](OC)[C@H]2C)cc1. The molecular formula is C39H44N2O6Si. The molecule has 0 saturated carbocycles. The summed E-state index contributed by atoms with van der Waals surface area (Å²) in [5.41, 5.74) is 3.14. The molecule has 4 aromatic rings. The first-order chi connectivity index (χ1) is 23.2. The van der Waals surface area contributed by atoms with Gasteiger partial charge in [-0.2, -0.15) is 0 Å². The van der Waals surface area contributed by atoms with E-state index in [1.807, 2.05) is 71.6 Å². The molecule has 7 rings (SSSR count). The largest absolute Gasteiger partial charge is 0.497 e. The fourth-order valence-corrected chi connectivity index (χ4v) is 11.7. The lowest BCUT2D eigenvalue weighted by atomic mass is 9.86. The minimum atomic E-state index is -2.39. The molecule has 48 heavy (non-hydrogen) atoms. The predicted molar refractivity (Wildman–Crippen MR) is 190 cm³/mol. The molecule has 0 radical (unpaired) electrons. The summed E-state index contributed by atoms with van der Waals surface area (Å²) < 4.78 is 18.7. The Morgan fingerprint density at radius 3 is 2.50 bits per heavy atom. The lowest BCUT2D eigenvalue weighted by molar-refractivity contribution is -0.133. The molecule has 3 aliphatic rings. The van der Waals surface area contributed by atoms with Crippen LogP contribution in [-0.4, -0.2) is 69.4 Å². The number of likely N-dealkylation sites (tertiary alicyclic amines) is 1. The van der Waals surface area contributed by atoms with Gasteiger partial charge < -0.3 is 24.2 Å². The Morgan fingerprint density at radius 1 is 1.04 bits per heavy atom. The van der Waals surface area contributed by atoms with Crippen LogP contribution < -0.4 is 19.6 Å². The first-order valence-electron chi connectivity index (χ1n) is 16.9. The first-order valence-corrected chi connectivity index (χ1v) is 20.0. The number of methoxy groups -OCH3 is 2. The molecule has 0 bridgehead atoms. The summed E-state index contributed by atoms with van der Waals surface area (Å²) in [6.45, 7) is 7.42. The second-order valence-electron chi connectivity index (χ2n) is 14.0. The minimum Gasteiger partial charge on any atom is -0.497 e. The highest BCUT2D eigenvalue weighted by Gasteiger charge is 2.49. The summed E-state index contributed by atoms with van der Waals surface area (Å²) in [5.74, 6) is 1.43. The van der Waals surface area contributed by atoms with Crippen molar-refractivity contribution in [2.45, 2.75) is 63.1 Å². The molecule has 1 fully saturated rings.